The van der Waals surface area contributed by atoms with Gasteiger partial charge in [-0.2, -0.15) is 5.10 Å². The first-order valence-electron chi connectivity index (χ1n) is 4.52. The maximum absolute atomic E-state index is 11.5. The summed E-state index contributed by atoms with van der Waals surface area (Å²) >= 11 is 1.98. The van der Waals surface area contributed by atoms with E-state index >= 15 is 0 Å². The number of aromatic nitrogens is 2. The van der Waals surface area contributed by atoms with Crippen LogP contribution >= 0.6 is 22.6 Å². The van der Waals surface area contributed by atoms with Crippen molar-refractivity contribution in [2.24, 2.45) is 0 Å². The van der Waals surface area contributed by atoms with Gasteiger partial charge in [-0.1, -0.05) is 0 Å². The van der Waals surface area contributed by atoms with Crippen LogP contribution in [0, 0.1) is 13.7 Å². The van der Waals surface area contributed by atoms with E-state index < -0.39 is 4.92 Å². The monoisotopic (exact) mass is 347 g/mol. The van der Waals surface area contributed by atoms with Crippen LogP contribution < -0.4 is 5.56 Å². The molecular weight excluding hydrogens is 341 g/mol. The van der Waals surface area contributed by atoms with Gasteiger partial charge in [-0.25, -0.2) is 4.68 Å². The van der Waals surface area contributed by atoms with Gasteiger partial charge in [-0.05, 0) is 28.7 Å². The third-order valence-corrected chi connectivity index (χ3v) is 2.56. The summed E-state index contributed by atoms with van der Waals surface area (Å²) in [5.41, 5.74) is -0.282. The lowest BCUT2D eigenvalue weighted by molar-refractivity contribution is -0.402. The van der Waals surface area contributed by atoms with E-state index in [0.29, 0.717) is 5.76 Å². The Labute approximate surface area is 108 Å². The second-order valence-corrected chi connectivity index (χ2v) is 4.41. The first kappa shape index (κ1) is 11.8. The van der Waals surface area contributed by atoms with Gasteiger partial charge in [-0.15, -0.1) is 0 Å². The summed E-state index contributed by atoms with van der Waals surface area (Å²) in [7, 11) is 0. The molecule has 0 fully saturated rings. The maximum atomic E-state index is 11.5. The molecule has 0 unspecified atom stereocenters. The molecule has 2 rings (SSSR count). The molecule has 0 saturated carbocycles. The highest BCUT2D eigenvalue weighted by atomic mass is 127. The molecule has 2 aromatic heterocycles. The lowest BCUT2D eigenvalue weighted by atomic mass is 10.4. The Morgan fingerprint density at radius 2 is 2.29 bits per heavy atom. The van der Waals surface area contributed by atoms with Crippen molar-refractivity contribution in [1.29, 1.82) is 0 Å². The highest BCUT2D eigenvalue weighted by Gasteiger charge is 2.12. The molecule has 7 nitrogen and oxygen atoms in total. The van der Waals surface area contributed by atoms with Gasteiger partial charge in [-0.3, -0.25) is 14.9 Å². The zero-order chi connectivity index (χ0) is 12.4. The van der Waals surface area contributed by atoms with Crippen LogP contribution in [0.25, 0.3) is 0 Å². The van der Waals surface area contributed by atoms with E-state index in [-0.39, 0.29) is 18.0 Å². The molecule has 0 N–H and O–H groups in total. The van der Waals surface area contributed by atoms with Gasteiger partial charge in [0, 0.05) is 9.64 Å². The summed E-state index contributed by atoms with van der Waals surface area (Å²) in [6.07, 6.45) is 1.53. The second-order valence-electron chi connectivity index (χ2n) is 3.17. The van der Waals surface area contributed by atoms with Gasteiger partial charge < -0.3 is 4.42 Å². The Morgan fingerprint density at radius 1 is 1.53 bits per heavy atom. The summed E-state index contributed by atoms with van der Waals surface area (Å²) < 4.78 is 6.84. The van der Waals surface area contributed by atoms with Crippen LogP contribution in [-0.4, -0.2) is 14.7 Å². The molecule has 88 valence electrons. The van der Waals surface area contributed by atoms with Crippen LogP contribution in [0.2, 0.25) is 0 Å². The summed E-state index contributed by atoms with van der Waals surface area (Å²) in [5, 5.41) is 14.3. The molecule has 2 aromatic rings. The topological polar surface area (TPSA) is 91.2 Å². The molecule has 0 aliphatic rings. The van der Waals surface area contributed by atoms with Gasteiger partial charge in [0.2, 0.25) is 0 Å². The quantitative estimate of drug-likeness (QED) is 0.476. The fourth-order valence-electron chi connectivity index (χ4n) is 1.23. The average Bonchev–Trinajstić information content (AvgIpc) is 2.71. The van der Waals surface area contributed by atoms with E-state index in [1.165, 1.54) is 29.1 Å². The summed E-state index contributed by atoms with van der Waals surface area (Å²) in [4.78, 5) is 21.3. The summed E-state index contributed by atoms with van der Waals surface area (Å²) in [5.74, 6) is -0.0360. The van der Waals surface area contributed by atoms with Crippen molar-refractivity contribution in [2.75, 3.05) is 0 Å². The normalized spacial score (nSPS) is 10.4. The predicted octanol–water partition coefficient (Wildman–Crippen LogP) is 1.40. The molecule has 0 spiro atoms. The van der Waals surface area contributed by atoms with E-state index in [1.54, 1.807) is 0 Å². The summed E-state index contributed by atoms with van der Waals surface area (Å²) in [6, 6.07) is 4.11. The van der Waals surface area contributed by atoms with Crippen molar-refractivity contribution in [2.45, 2.75) is 6.54 Å². The number of nitro groups is 1. The van der Waals surface area contributed by atoms with Gasteiger partial charge in [0.05, 0.1) is 12.3 Å². The largest absolute Gasteiger partial charge is 0.433 e. The third-order valence-electron chi connectivity index (χ3n) is 1.97. The Hall–Kier alpha value is -1.71. The van der Waals surface area contributed by atoms with Crippen LogP contribution in [0.4, 0.5) is 5.88 Å². The van der Waals surface area contributed by atoms with Crippen LogP contribution in [0.15, 0.2) is 33.6 Å². The fraction of sp³-hybridized carbons (Fsp3) is 0.111. The first-order valence-corrected chi connectivity index (χ1v) is 5.60. The molecule has 0 amide bonds. The van der Waals surface area contributed by atoms with Crippen molar-refractivity contribution in [1.82, 2.24) is 9.78 Å². The molecule has 0 aliphatic heterocycles. The molecular formula is C9H6IN3O4. The molecule has 8 heteroatoms. The Balaban J connectivity index is 2.25. The highest BCUT2D eigenvalue weighted by Crippen LogP contribution is 2.15. The molecule has 0 radical (unpaired) electrons. The molecule has 0 bridgehead atoms. The molecule has 0 aromatic carbocycles. The zero-order valence-electron chi connectivity index (χ0n) is 8.37. The average molecular weight is 347 g/mol. The van der Waals surface area contributed by atoms with E-state index in [4.69, 9.17) is 4.42 Å². The molecule has 2 heterocycles. The lowest BCUT2D eigenvalue weighted by Gasteiger charge is -2.00. The van der Waals surface area contributed by atoms with Gasteiger partial charge in [0.25, 0.3) is 5.56 Å². The number of furan rings is 1. The first-order chi connectivity index (χ1) is 8.06. The Kier molecular flexibility index (Phi) is 3.22. The van der Waals surface area contributed by atoms with Gasteiger partial charge >= 0.3 is 5.88 Å². The molecule has 0 saturated heterocycles. The number of hydrogen-bond donors (Lipinski definition) is 0. The van der Waals surface area contributed by atoms with Crippen LogP contribution in [0.5, 0.6) is 0 Å². The number of halogens is 1. The Morgan fingerprint density at radius 3 is 2.88 bits per heavy atom. The predicted molar refractivity (Wildman–Crippen MR) is 65.7 cm³/mol. The second kappa shape index (κ2) is 4.65. The zero-order valence-corrected chi connectivity index (χ0v) is 10.5. The van der Waals surface area contributed by atoms with Gasteiger partial charge in [0.1, 0.15) is 17.2 Å². The van der Waals surface area contributed by atoms with Crippen molar-refractivity contribution in [3.63, 3.8) is 0 Å². The van der Waals surface area contributed by atoms with Crippen LogP contribution in [0.1, 0.15) is 5.76 Å². The number of nitrogens with zero attached hydrogens (tertiary/aromatic N) is 3. The van der Waals surface area contributed by atoms with Crippen molar-refractivity contribution >= 4 is 28.5 Å². The van der Waals surface area contributed by atoms with E-state index in [2.05, 4.69) is 5.10 Å². The number of hydrogen-bond acceptors (Lipinski definition) is 5. The standard InChI is InChI=1S/C9H6IN3O4/c10-6-3-8(14)12(11-4-6)5-7-1-2-9(17-7)13(15)16/h1-4H,5H2. The lowest BCUT2D eigenvalue weighted by Crippen LogP contribution is -2.22. The minimum absolute atomic E-state index is 0.0730. The van der Waals surface area contributed by atoms with Crippen molar-refractivity contribution in [3.8, 4) is 0 Å². The van der Waals surface area contributed by atoms with Crippen LogP contribution in [0.3, 0.4) is 0 Å². The van der Waals surface area contributed by atoms with Crippen LogP contribution in [-0.2, 0) is 6.54 Å². The van der Waals surface area contributed by atoms with Gasteiger partial charge in [0.15, 0.2) is 0 Å². The molecule has 0 aliphatic carbocycles. The minimum atomic E-state index is -0.631. The summed E-state index contributed by atoms with van der Waals surface area (Å²) in [6.45, 7) is 0.0730. The smallest absolute Gasteiger partial charge is 0.404 e. The molecule has 0 atom stereocenters. The van der Waals surface area contributed by atoms with E-state index in [9.17, 15) is 14.9 Å². The highest BCUT2D eigenvalue weighted by molar-refractivity contribution is 14.1. The third kappa shape index (κ3) is 2.70. The van der Waals surface area contributed by atoms with E-state index in [1.807, 2.05) is 22.6 Å². The maximum Gasteiger partial charge on any atom is 0.433 e. The van der Waals surface area contributed by atoms with Crippen molar-refractivity contribution in [3.05, 3.63) is 54.2 Å². The minimum Gasteiger partial charge on any atom is -0.404 e. The van der Waals surface area contributed by atoms with E-state index in [0.717, 1.165) is 3.57 Å². The SMILES string of the molecule is O=c1cc(I)cnn1Cc1ccc([N+](=O)[O-])o1. The van der Waals surface area contributed by atoms with Crippen molar-refractivity contribution < 1.29 is 9.34 Å². The fourth-order valence-corrected chi connectivity index (χ4v) is 1.62. The Bertz CT molecular complexity index is 619. The molecule has 17 heavy (non-hydrogen) atoms. The number of rotatable bonds is 3.